The van der Waals surface area contributed by atoms with Crippen molar-refractivity contribution in [1.82, 2.24) is 5.32 Å². The van der Waals surface area contributed by atoms with Gasteiger partial charge in [-0.15, -0.1) is 0 Å². The first-order valence-corrected chi connectivity index (χ1v) is 11.9. The molecule has 182 valence electrons. The quantitative estimate of drug-likeness (QED) is 0.355. The number of hydrogen-bond acceptors (Lipinski definition) is 8. The van der Waals surface area contributed by atoms with Gasteiger partial charge in [-0.05, 0) is 42.5 Å². The zero-order valence-electron chi connectivity index (χ0n) is 18.5. The van der Waals surface area contributed by atoms with E-state index in [4.69, 9.17) is 14.2 Å². The molecule has 12 heteroatoms. The zero-order chi connectivity index (χ0) is 25.0. The molecule has 1 atom stereocenters. The van der Waals surface area contributed by atoms with E-state index in [0.717, 1.165) is 6.07 Å². The van der Waals surface area contributed by atoms with Gasteiger partial charge in [-0.25, -0.2) is 8.42 Å². The maximum absolute atomic E-state index is 12.8. The molecule has 3 aromatic rings. The van der Waals surface area contributed by atoms with Crippen molar-refractivity contribution < 1.29 is 32.3 Å². The van der Waals surface area contributed by atoms with Crippen LogP contribution >= 0.6 is 0 Å². The number of sulfonamides is 1. The van der Waals surface area contributed by atoms with Gasteiger partial charge in [0.25, 0.3) is 21.6 Å². The molecule has 1 aliphatic rings. The largest absolute Gasteiger partial charge is 0.495 e. The second-order valence-electron chi connectivity index (χ2n) is 7.48. The van der Waals surface area contributed by atoms with Gasteiger partial charge in [0.1, 0.15) is 18.5 Å². The predicted molar refractivity (Wildman–Crippen MR) is 126 cm³/mol. The number of rotatable bonds is 8. The molecule has 3 aromatic carbocycles. The van der Waals surface area contributed by atoms with Crippen LogP contribution in [0.5, 0.6) is 17.2 Å². The first kappa shape index (κ1) is 23.8. The summed E-state index contributed by atoms with van der Waals surface area (Å²) in [5.41, 5.74) is -0.139. The monoisotopic (exact) mass is 499 g/mol. The first-order valence-electron chi connectivity index (χ1n) is 10.4. The molecule has 0 bridgehead atoms. The van der Waals surface area contributed by atoms with E-state index in [1.807, 2.05) is 12.1 Å². The van der Waals surface area contributed by atoms with Gasteiger partial charge in [-0.2, -0.15) is 0 Å². The predicted octanol–water partition coefficient (Wildman–Crippen LogP) is 2.97. The molecule has 1 heterocycles. The van der Waals surface area contributed by atoms with Crippen molar-refractivity contribution in [3.63, 3.8) is 0 Å². The van der Waals surface area contributed by atoms with Crippen LogP contribution in [0.1, 0.15) is 10.4 Å². The van der Waals surface area contributed by atoms with E-state index in [0.29, 0.717) is 11.5 Å². The fraction of sp³-hybridized carbons (Fsp3) is 0.174. The molecule has 0 fully saturated rings. The van der Waals surface area contributed by atoms with Crippen LogP contribution in [0.4, 0.5) is 11.4 Å². The number of fused-ring (bicyclic) bond motifs is 1. The number of carbonyl (C=O) groups is 1. The summed E-state index contributed by atoms with van der Waals surface area (Å²) in [7, 11) is -2.79. The van der Waals surface area contributed by atoms with E-state index in [1.54, 1.807) is 12.1 Å². The summed E-state index contributed by atoms with van der Waals surface area (Å²) in [4.78, 5) is 22.8. The standard InChI is InChI=1S/C23H21N3O8S/c1-32-20-11-8-16(26(28)29)12-19(20)25-35(30,31)18-9-6-15(7-10-18)23(27)24-13-17-14-33-21-4-2-3-5-22(21)34-17/h2-12,17,25H,13-14H2,1H3,(H,24,27). The molecule has 1 amide bonds. The Labute approximate surface area is 200 Å². The highest BCUT2D eigenvalue weighted by atomic mass is 32.2. The number of non-ortho nitro benzene ring substituents is 1. The second kappa shape index (κ2) is 9.89. The number of hydrogen-bond donors (Lipinski definition) is 2. The summed E-state index contributed by atoms with van der Waals surface area (Å²) >= 11 is 0. The molecule has 0 aliphatic carbocycles. The van der Waals surface area contributed by atoms with E-state index in [2.05, 4.69) is 10.0 Å². The van der Waals surface area contributed by atoms with Crippen molar-refractivity contribution in [3.8, 4) is 17.2 Å². The Kier molecular flexibility index (Phi) is 6.73. The number of benzene rings is 3. The minimum atomic E-state index is -4.11. The highest BCUT2D eigenvalue weighted by molar-refractivity contribution is 7.92. The molecule has 0 radical (unpaired) electrons. The average Bonchev–Trinajstić information content (AvgIpc) is 2.87. The Morgan fingerprint density at radius 1 is 1.11 bits per heavy atom. The van der Waals surface area contributed by atoms with Crippen molar-refractivity contribution in [2.24, 2.45) is 0 Å². The average molecular weight is 500 g/mol. The number of carbonyl (C=O) groups excluding carboxylic acids is 1. The molecule has 1 aliphatic heterocycles. The number of nitro benzene ring substituents is 1. The third kappa shape index (κ3) is 5.44. The fourth-order valence-corrected chi connectivity index (χ4v) is 4.41. The van der Waals surface area contributed by atoms with Crippen molar-refractivity contribution in [3.05, 3.63) is 82.4 Å². The SMILES string of the molecule is COc1ccc([N+](=O)[O-])cc1NS(=O)(=O)c1ccc(C(=O)NCC2COc3ccccc3O2)cc1. The normalized spacial score (nSPS) is 14.6. The van der Waals surface area contributed by atoms with Crippen LogP contribution < -0.4 is 24.2 Å². The molecular formula is C23H21N3O8S. The van der Waals surface area contributed by atoms with E-state index in [9.17, 15) is 23.3 Å². The van der Waals surface area contributed by atoms with Gasteiger partial charge in [0.15, 0.2) is 11.5 Å². The molecule has 0 saturated heterocycles. The summed E-state index contributed by atoms with van der Waals surface area (Å²) < 4.78 is 44.4. The lowest BCUT2D eigenvalue weighted by Gasteiger charge is -2.26. The summed E-state index contributed by atoms with van der Waals surface area (Å²) in [5, 5.41) is 13.8. The van der Waals surface area contributed by atoms with Crippen molar-refractivity contribution in [2.75, 3.05) is 25.0 Å². The van der Waals surface area contributed by atoms with Crippen LogP contribution in [0.15, 0.2) is 71.6 Å². The van der Waals surface area contributed by atoms with Crippen molar-refractivity contribution in [1.29, 1.82) is 0 Å². The van der Waals surface area contributed by atoms with Gasteiger partial charge in [0, 0.05) is 17.7 Å². The van der Waals surface area contributed by atoms with E-state index in [1.165, 1.54) is 43.5 Å². The van der Waals surface area contributed by atoms with Crippen LogP contribution in [-0.4, -0.2) is 45.6 Å². The molecule has 0 saturated carbocycles. The minimum absolute atomic E-state index is 0.0835. The maximum Gasteiger partial charge on any atom is 0.271 e. The Morgan fingerprint density at radius 2 is 1.83 bits per heavy atom. The smallest absolute Gasteiger partial charge is 0.271 e. The molecular weight excluding hydrogens is 478 g/mol. The summed E-state index contributed by atoms with van der Waals surface area (Å²) in [6.07, 6.45) is -0.373. The first-order chi connectivity index (χ1) is 16.8. The van der Waals surface area contributed by atoms with Gasteiger partial charge in [0.2, 0.25) is 0 Å². The van der Waals surface area contributed by atoms with Gasteiger partial charge < -0.3 is 19.5 Å². The van der Waals surface area contributed by atoms with Gasteiger partial charge in [-0.3, -0.25) is 19.6 Å². The maximum atomic E-state index is 12.8. The van der Waals surface area contributed by atoms with Crippen LogP contribution in [-0.2, 0) is 10.0 Å². The summed E-state index contributed by atoms with van der Waals surface area (Å²) in [5.74, 6) is 0.945. The van der Waals surface area contributed by atoms with E-state index >= 15 is 0 Å². The van der Waals surface area contributed by atoms with Gasteiger partial charge in [0.05, 0.1) is 29.2 Å². The fourth-order valence-electron chi connectivity index (χ4n) is 3.35. The highest BCUT2D eigenvalue weighted by Crippen LogP contribution is 2.32. The van der Waals surface area contributed by atoms with Crippen LogP contribution in [0.3, 0.4) is 0 Å². The van der Waals surface area contributed by atoms with Crippen LogP contribution in [0.2, 0.25) is 0 Å². The topological polar surface area (TPSA) is 146 Å². The number of nitro groups is 1. The minimum Gasteiger partial charge on any atom is -0.495 e. The Balaban J connectivity index is 1.40. The van der Waals surface area contributed by atoms with E-state index in [-0.39, 0.29) is 46.8 Å². The highest BCUT2D eigenvalue weighted by Gasteiger charge is 2.22. The second-order valence-corrected chi connectivity index (χ2v) is 9.16. The van der Waals surface area contributed by atoms with Gasteiger partial charge in [-0.1, -0.05) is 12.1 Å². The third-order valence-corrected chi connectivity index (χ3v) is 6.50. The number of anilines is 1. The number of amides is 1. The number of nitrogens with one attached hydrogen (secondary N) is 2. The lowest BCUT2D eigenvalue weighted by atomic mass is 10.2. The summed E-state index contributed by atoms with van der Waals surface area (Å²) in [6, 6.07) is 16.0. The lowest BCUT2D eigenvalue weighted by Crippen LogP contribution is -2.40. The Bertz CT molecular complexity index is 1360. The zero-order valence-corrected chi connectivity index (χ0v) is 19.3. The van der Waals surface area contributed by atoms with Crippen molar-refractivity contribution in [2.45, 2.75) is 11.0 Å². The molecule has 2 N–H and O–H groups in total. The summed E-state index contributed by atoms with van der Waals surface area (Å²) in [6.45, 7) is 0.475. The van der Waals surface area contributed by atoms with Crippen LogP contribution in [0, 0.1) is 10.1 Å². The molecule has 35 heavy (non-hydrogen) atoms. The number of methoxy groups -OCH3 is 1. The van der Waals surface area contributed by atoms with Gasteiger partial charge >= 0.3 is 0 Å². The van der Waals surface area contributed by atoms with E-state index < -0.39 is 20.9 Å². The van der Waals surface area contributed by atoms with Crippen molar-refractivity contribution >= 4 is 27.3 Å². The third-order valence-electron chi connectivity index (χ3n) is 5.12. The number of nitrogens with zero attached hydrogens (tertiary/aromatic N) is 1. The Morgan fingerprint density at radius 3 is 2.51 bits per heavy atom. The van der Waals surface area contributed by atoms with Crippen LogP contribution in [0.25, 0.3) is 0 Å². The molecule has 1 unspecified atom stereocenters. The molecule has 0 spiro atoms. The molecule has 11 nitrogen and oxygen atoms in total. The molecule has 0 aromatic heterocycles. The number of para-hydroxylation sites is 2. The molecule has 4 rings (SSSR count). The number of ether oxygens (including phenoxy) is 3. The Hall–Kier alpha value is -4.32. The lowest BCUT2D eigenvalue weighted by molar-refractivity contribution is -0.384.